The van der Waals surface area contributed by atoms with E-state index in [1.54, 1.807) is 0 Å². The zero-order chi connectivity index (χ0) is 0. The molecule has 0 saturated carbocycles. The molecule has 0 heterocycles. The first kappa shape index (κ1) is 224. The molecule has 0 rings (SSSR count). The van der Waals surface area contributed by atoms with E-state index in [2.05, 4.69) is 0 Å². The quantitative estimate of drug-likeness (QED) is 0.538. The maximum Gasteiger partial charge on any atom is 0 e. The molecule has 0 saturated heterocycles. The number of hydrogen-bond acceptors (Lipinski definition) is 0. The van der Waals surface area contributed by atoms with Gasteiger partial charge in [0.25, 0.3) is 0 Å². The summed E-state index contributed by atoms with van der Waals surface area (Å²) in [6.45, 7) is 0. The molecule has 0 bridgehead atoms. The first-order valence-electron chi connectivity index (χ1n) is 0. The predicted molar refractivity (Wildman–Crippen MR) is 30.4 cm³/mol. The van der Waals surface area contributed by atoms with E-state index in [4.69, 9.17) is 0 Å². The molecular formula is H4Cl4O2. The van der Waals surface area contributed by atoms with Gasteiger partial charge in [-0.3, -0.25) is 0 Å². The lowest BCUT2D eigenvalue weighted by atomic mass is 16.0. The summed E-state index contributed by atoms with van der Waals surface area (Å²) in [5, 5.41) is 0. The monoisotopic (exact) mass is 176 g/mol. The summed E-state index contributed by atoms with van der Waals surface area (Å²) in [4.78, 5) is 0. The van der Waals surface area contributed by atoms with E-state index in [1.807, 2.05) is 0 Å². The van der Waals surface area contributed by atoms with E-state index in [9.17, 15) is 0 Å². The van der Waals surface area contributed by atoms with Gasteiger partial charge in [-0.05, 0) is 0 Å². The third-order valence-corrected chi connectivity index (χ3v) is 0. The summed E-state index contributed by atoms with van der Waals surface area (Å²) in [6.07, 6.45) is 0. The van der Waals surface area contributed by atoms with Gasteiger partial charge in [-0.15, -0.1) is 49.6 Å². The largest absolute Gasteiger partial charge is 0.147 e. The summed E-state index contributed by atoms with van der Waals surface area (Å²) >= 11 is 0. The fourth-order valence-corrected chi connectivity index (χ4v) is 0. The predicted octanol–water partition coefficient (Wildman–Crippen LogP) is 1.45. The van der Waals surface area contributed by atoms with Crippen molar-refractivity contribution in [3.63, 3.8) is 0 Å². The van der Waals surface area contributed by atoms with Crippen LogP contribution in [-0.4, -0.2) is 0 Å². The Bertz CT molecular complexity index is 5.51. The van der Waals surface area contributed by atoms with Crippen LogP contribution in [0.25, 0.3) is 0 Å². The number of hydrogen-bond donors (Lipinski definition) is 0. The second kappa shape index (κ2) is 135. The van der Waals surface area contributed by atoms with Gasteiger partial charge in [0.05, 0.1) is 0 Å². The van der Waals surface area contributed by atoms with Crippen LogP contribution in [0.3, 0.4) is 0 Å². The van der Waals surface area contributed by atoms with Crippen LogP contribution in [-0.2, 0) is 11.0 Å². The normalized spacial score (nSPS) is 0. The lowest BCUT2D eigenvalue weighted by Gasteiger charge is -0.148. The number of rotatable bonds is 0. The minimum absolute atomic E-state index is 0. The third-order valence-electron chi connectivity index (χ3n) is 0. The number of halogens is 4. The molecule has 0 aliphatic carbocycles. The molecule has 6 heavy (non-hydrogen) atoms. The van der Waals surface area contributed by atoms with Crippen LogP contribution < -0.4 is 0 Å². The zero-order valence-electron chi connectivity index (χ0n) is 2.45. The smallest absolute Gasteiger partial charge is 0 e. The Morgan fingerprint density at radius 1 is 0.333 bits per heavy atom. The zero-order valence-corrected chi connectivity index (χ0v) is 5.72. The van der Waals surface area contributed by atoms with E-state index in [-0.39, 0.29) is 60.6 Å². The highest BCUT2D eigenvalue weighted by atomic mass is 35.5. The van der Waals surface area contributed by atoms with Gasteiger partial charge in [-0.2, -0.15) is 0 Å². The van der Waals surface area contributed by atoms with E-state index >= 15 is 0 Å². The van der Waals surface area contributed by atoms with Crippen molar-refractivity contribution in [2.24, 2.45) is 0 Å². The molecule has 44 valence electrons. The molecule has 0 fully saturated rings. The van der Waals surface area contributed by atoms with Gasteiger partial charge in [-0.25, -0.2) is 0 Å². The van der Waals surface area contributed by atoms with E-state index < -0.39 is 0 Å². The Morgan fingerprint density at radius 2 is 0.333 bits per heavy atom. The highest BCUT2D eigenvalue weighted by Crippen LogP contribution is 0.693. The van der Waals surface area contributed by atoms with Gasteiger partial charge in [0.2, 0.25) is 0 Å². The van der Waals surface area contributed by atoms with E-state index in [0.717, 1.165) is 0 Å². The van der Waals surface area contributed by atoms with Crippen molar-refractivity contribution in [2.45, 2.75) is 0 Å². The Morgan fingerprint density at radius 3 is 0.333 bits per heavy atom. The molecule has 0 aliphatic rings. The SMILES string of the molecule is Cl.Cl.Cl.Cl.[O].[O]. The van der Waals surface area contributed by atoms with Crippen LogP contribution in [0.1, 0.15) is 0 Å². The highest BCUT2D eigenvalue weighted by molar-refractivity contribution is 5.86. The fourth-order valence-electron chi connectivity index (χ4n) is 0. The highest BCUT2D eigenvalue weighted by Gasteiger charge is 0.00106. The second-order valence-electron chi connectivity index (χ2n) is 0. The first-order chi connectivity index (χ1) is 0. The molecule has 0 amide bonds. The Kier molecular flexibility index (Phi) is 5030. The Balaban J connectivity index is 0. The molecule has 2 nitrogen and oxygen atoms in total. The molecule has 0 aromatic rings. The van der Waals surface area contributed by atoms with Gasteiger partial charge >= 0.3 is 0 Å². The minimum Gasteiger partial charge on any atom is -0.147 e. The van der Waals surface area contributed by atoms with Crippen molar-refractivity contribution in [3.8, 4) is 0 Å². The van der Waals surface area contributed by atoms with Crippen molar-refractivity contribution in [2.75, 3.05) is 0 Å². The summed E-state index contributed by atoms with van der Waals surface area (Å²) in [6, 6.07) is 0. The van der Waals surface area contributed by atoms with Gasteiger partial charge in [0.1, 0.15) is 0 Å². The summed E-state index contributed by atoms with van der Waals surface area (Å²) in [5.74, 6) is 0. The lowest BCUT2D eigenvalue weighted by Crippen LogP contribution is -0.120. The first-order valence-corrected chi connectivity index (χ1v) is 0. The third kappa shape index (κ3) is 72.5. The molecule has 0 aliphatic heterocycles. The minimum atomic E-state index is 0. The maximum absolute atomic E-state index is 0. The second-order valence-corrected chi connectivity index (χ2v) is 0. The van der Waals surface area contributed by atoms with Gasteiger partial charge in [-0.1, -0.05) is 0 Å². The van der Waals surface area contributed by atoms with Gasteiger partial charge in [0, 0.05) is 11.0 Å². The van der Waals surface area contributed by atoms with E-state index in [1.165, 1.54) is 0 Å². The molecular weight excluding hydrogens is 174 g/mol. The standard InChI is InChI=1S/4ClH.2O/h4*1H;;. The molecule has 4 radical (unpaired) electrons. The average Bonchev–Trinajstić information content (AvgIpc) is 0. The van der Waals surface area contributed by atoms with Gasteiger partial charge in [0.15, 0.2) is 0 Å². The fraction of sp³-hybridized carbons (Fsp3) is 0. The van der Waals surface area contributed by atoms with Crippen molar-refractivity contribution in [3.05, 3.63) is 0 Å². The summed E-state index contributed by atoms with van der Waals surface area (Å²) in [7, 11) is 0. The molecule has 0 atom stereocenters. The van der Waals surface area contributed by atoms with Crippen molar-refractivity contribution in [1.82, 2.24) is 0 Å². The molecule has 0 spiro atoms. The lowest BCUT2D eigenvalue weighted by molar-refractivity contribution is 0.685. The van der Waals surface area contributed by atoms with E-state index in [0.29, 0.717) is 0 Å². The van der Waals surface area contributed by atoms with Crippen molar-refractivity contribution >= 4 is 49.6 Å². The molecule has 0 aromatic heterocycles. The Labute approximate surface area is 60.9 Å². The Hall–Kier alpha value is 1.08. The van der Waals surface area contributed by atoms with Gasteiger partial charge < -0.3 is 0 Å². The summed E-state index contributed by atoms with van der Waals surface area (Å²) < 4.78 is 0. The van der Waals surface area contributed by atoms with Crippen LogP contribution in [0.5, 0.6) is 0 Å². The maximum atomic E-state index is 0. The average molecular weight is 178 g/mol. The van der Waals surface area contributed by atoms with Crippen LogP contribution in [0, 0.1) is 0 Å². The van der Waals surface area contributed by atoms with Crippen LogP contribution in [0.15, 0.2) is 0 Å². The molecule has 6 heteroatoms. The summed E-state index contributed by atoms with van der Waals surface area (Å²) in [5.41, 5.74) is 0. The van der Waals surface area contributed by atoms with Crippen molar-refractivity contribution < 1.29 is 11.0 Å². The van der Waals surface area contributed by atoms with Crippen molar-refractivity contribution in [1.29, 1.82) is 0 Å². The molecule has 0 aromatic carbocycles. The molecule has 0 unspecified atom stereocenters. The molecule has 0 N–H and O–H groups in total. The topological polar surface area (TPSA) is 57.0 Å². The van der Waals surface area contributed by atoms with Crippen LogP contribution >= 0.6 is 49.6 Å². The van der Waals surface area contributed by atoms with Crippen LogP contribution in [0.2, 0.25) is 0 Å². The van der Waals surface area contributed by atoms with Crippen LogP contribution in [0.4, 0.5) is 0 Å².